The van der Waals surface area contributed by atoms with Crippen molar-refractivity contribution in [3.8, 4) is 10.4 Å². The summed E-state index contributed by atoms with van der Waals surface area (Å²) in [5.74, 6) is -1.33. The van der Waals surface area contributed by atoms with Gasteiger partial charge in [-0.25, -0.2) is 4.79 Å². The van der Waals surface area contributed by atoms with Crippen LogP contribution >= 0.6 is 22.9 Å². The Bertz CT molecular complexity index is 1120. The third-order valence-corrected chi connectivity index (χ3v) is 5.63. The molecule has 0 saturated carbocycles. The molecule has 1 N–H and O–H groups in total. The van der Waals surface area contributed by atoms with Crippen LogP contribution in [0.15, 0.2) is 48.5 Å². The van der Waals surface area contributed by atoms with Gasteiger partial charge in [0.25, 0.3) is 5.91 Å². The predicted molar refractivity (Wildman–Crippen MR) is 126 cm³/mol. The van der Waals surface area contributed by atoms with Crippen molar-refractivity contribution in [2.45, 2.75) is 6.92 Å². The van der Waals surface area contributed by atoms with E-state index in [1.54, 1.807) is 32.2 Å². The van der Waals surface area contributed by atoms with Crippen LogP contribution in [-0.2, 0) is 19.1 Å². The lowest BCUT2D eigenvalue weighted by Crippen LogP contribution is -2.30. The number of nitrogens with zero attached hydrogens (tertiary/aromatic N) is 3. The van der Waals surface area contributed by atoms with Gasteiger partial charge in [-0.1, -0.05) is 41.9 Å². The lowest BCUT2D eigenvalue weighted by molar-refractivity contribution is -0.145. The first kappa shape index (κ1) is 24.1. The van der Waals surface area contributed by atoms with Gasteiger partial charge < -0.3 is 19.7 Å². The average molecular weight is 489 g/mol. The van der Waals surface area contributed by atoms with Gasteiger partial charge in [0.15, 0.2) is 17.6 Å². The number of ether oxygens (including phenoxy) is 2. The summed E-state index contributed by atoms with van der Waals surface area (Å²) in [6.07, 6.45) is 0. The molecule has 0 spiro atoms. The number of benzene rings is 1. The summed E-state index contributed by atoms with van der Waals surface area (Å²) in [6, 6.07) is 14.3. The second kappa shape index (κ2) is 11.4. The monoisotopic (exact) mass is 488 g/mol. The van der Waals surface area contributed by atoms with Crippen LogP contribution in [0, 0.1) is 0 Å². The van der Waals surface area contributed by atoms with Crippen molar-refractivity contribution in [1.82, 2.24) is 10.2 Å². The molecule has 2 heterocycles. The van der Waals surface area contributed by atoms with Gasteiger partial charge in [0.2, 0.25) is 0 Å². The highest BCUT2D eigenvalue weighted by Crippen LogP contribution is 2.35. The van der Waals surface area contributed by atoms with Gasteiger partial charge in [-0.05, 0) is 30.7 Å². The van der Waals surface area contributed by atoms with Gasteiger partial charge in [0.05, 0.1) is 12.3 Å². The van der Waals surface area contributed by atoms with E-state index < -0.39 is 24.5 Å². The molecular formula is C22H21ClN4O5S. The zero-order valence-corrected chi connectivity index (χ0v) is 19.5. The number of hydrogen-bond acceptors (Lipinski definition) is 9. The highest BCUT2D eigenvalue weighted by molar-refractivity contribution is 7.18. The molecule has 9 nitrogen and oxygen atoms in total. The van der Waals surface area contributed by atoms with Crippen molar-refractivity contribution in [3.05, 3.63) is 58.6 Å². The standard InChI is InChI=1S/C22H21ClN4O5S/c1-3-31-22(30)21-15(11-16(33-21)14-7-5-4-6-8-14)24-19(28)13-32-20(29)12-27(2)18-10-9-17(23)25-26-18/h4-11H,3,12-13H2,1-2H3,(H,24,28). The second-order valence-corrected chi connectivity index (χ2v) is 8.16. The lowest BCUT2D eigenvalue weighted by Gasteiger charge is -2.16. The maximum Gasteiger partial charge on any atom is 0.350 e. The highest BCUT2D eigenvalue weighted by Gasteiger charge is 2.21. The average Bonchev–Trinajstić information content (AvgIpc) is 3.22. The molecule has 3 rings (SSSR count). The predicted octanol–water partition coefficient (Wildman–Crippen LogP) is 3.65. The minimum absolute atomic E-state index is 0.145. The molecule has 0 radical (unpaired) electrons. The van der Waals surface area contributed by atoms with Crippen molar-refractivity contribution in [3.63, 3.8) is 0 Å². The molecule has 2 aromatic heterocycles. The molecule has 0 aliphatic rings. The Kier molecular flexibility index (Phi) is 8.34. The Morgan fingerprint density at radius 1 is 1.09 bits per heavy atom. The van der Waals surface area contributed by atoms with Crippen molar-refractivity contribution >= 4 is 52.3 Å². The van der Waals surface area contributed by atoms with E-state index in [0.29, 0.717) is 11.5 Å². The summed E-state index contributed by atoms with van der Waals surface area (Å²) in [4.78, 5) is 39.4. The number of hydrogen-bond donors (Lipinski definition) is 1. The summed E-state index contributed by atoms with van der Waals surface area (Å²) in [5.41, 5.74) is 1.19. The minimum atomic E-state index is -0.634. The molecular weight excluding hydrogens is 468 g/mol. The number of amides is 1. The van der Waals surface area contributed by atoms with E-state index in [2.05, 4.69) is 15.5 Å². The Labute approximate surface area is 199 Å². The molecule has 1 amide bonds. The van der Waals surface area contributed by atoms with Gasteiger partial charge in [-0.15, -0.1) is 21.5 Å². The van der Waals surface area contributed by atoms with E-state index in [-0.39, 0.29) is 23.2 Å². The molecule has 3 aromatic rings. The van der Waals surface area contributed by atoms with Crippen molar-refractivity contribution in [2.24, 2.45) is 0 Å². The summed E-state index contributed by atoms with van der Waals surface area (Å²) in [6.45, 7) is 1.24. The first-order valence-electron chi connectivity index (χ1n) is 9.89. The van der Waals surface area contributed by atoms with Crippen molar-refractivity contribution in [2.75, 3.05) is 37.0 Å². The molecule has 0 aliphatic heterocycles. The van der Waals surface area contributed by atoms with Gasteiger partial charge in [-0.3, -0.25) is 9.59 Å². The maximum atomic E-state index is 12.4. The summed E-state index contributed by atoms with van der Waals surface area (Å²) in [5, 5.41) is 10.4. The number of likely N-dealkylation sites (N-methyl/N-ethyl adjacent to an activating group) is 1. The van der Waals surface area contributed by atoms with Crippen molar-refractivity contribution < 1.29 is 23.9 Å². The SMILES string of the molecule is CCOC(=O)c1sc(-c2ccccc2)cc1NC(=O)COC(=O)CN(C)c1ccc(Cl)nn1. The lowest BCUT2D eigenvalue weighted by atomic mass is 10.2. The van der Waals surface area contributed by atoms with Crippen LogP contribution in [0.1, 0.15) is 16.6 Å². The first-order valence-corrected chi connectivity index (χ1v) is 11.1. The molecule has 0 fully saturated rings. The molecule has 0 unspecified atom stereocenters. The van der Waals surface area contributed by atoms with E-state index in [0.717, 1.165) is 10.4 Å². The van der Waals surface area contributed by atoms with Crippen LogP contribution in [0.4, 0.5) is 11.5 Å². The molecule has 0 saturated heterocycles. The number of halogens is 1. The third-order valence-electron chi connectivity index (χ3n) is 4.26. The van der Waals surface area contributed by atoms with Crippen LogP contribution in [0.2, 0.25) is 5.15 Å². The highest BCUT2D eigenvalue weighted by atomic mass is 35.5. The Balaban J connectivity index is 1.61. The zero-order valence-electron chi connectivity index (χ0n) is 17.9. The molecule has 0 atom stereocenters. The molecule has 0 bridgehead atoms. The number of nitrogens with one attached hydrogen (secondary N) is 1. The van der Waals surface area contributed by atoms with E-state index in [1.807, 2.05) is 30.3 Å². The summed E-state index contributed by atoms with van der Waals surface area (Å²) in [7, 11) is 1.63. The molecule has 11 heteroatoms. The minimum Gasteiger partial charge on any atom is -0.462 e. The fourth-order valence-corrected chi connectivity index (χ4v) is 3.86. The number of esters is 2. The number of thiophene rings is 1. The second-order valence-electron chi connectivity index (χ2n) is 6.72. The van der Waals surface area contributed by atoms with Crippen LogP contribution in [0.5, 0.6) is 0 Å². The van der Waals surface area contributed by atoms with Crippen molar-refractivity contribution in [1.29, 1.82) is 0 Å². The Morgan fingerprint density at radius 3 is 2.52 bits per heavy atom. The number of carbonyl (C=O) groups excluding carboxylic acids is 3. The molecule has 1 aromatic carbocycles. The zero-order chi connectivity index (χ0) is 23.8. The Morgan fingerprint density at radius 2 is 1.85 bits per heavy atom. The first-order chi connectivity index (χ1) is 15.9. The quantitative estimate of drug-likeness (QED) is 0.454. The number of aromatic nitrogens is 2. The molecule has 172 valence electrons. The third kappa shape index (κ3) is 6.74. The van der Waals surface area contributed by atoms with E-state index in [4.69, 9.17) is 21.1 Å². The normalized spacial score (nSPS) is 10.4. The van der Waals surface area contributed by atoms with Gasteiger partial charge in [-0.2, -0.15) is 0 Å². The molecule has 33 heavy (non-hydrogen) atoms. The Hall–Kier alpha value is -3.50. The number of carbonyl (C=O) groups is 3. The smallest absolute Gasteiger partial charge is 0.350 e. The van der Waals surface area contributed by atoms with Gasteiger partial charge >= 0.3 is 11.9 Å². The van der Waals surface area contributed by atoms with E-state index in [9.17, 15) is 14.4 Å². The van der Waals surface area contributed by atoms with Crippen LogP contribution in [-0.4, -0.2) is 54.8 Å². The maximum absolute atomic E-state index is 12.4. The van der Waals surface area contributed by atoms with Gasteiger partial charge in [0.1, 0.15) is 11.4 Å². The number of anilines is 2. The topological polar surface area (TPSA) is 111 Å². The molecule has 0 aliphatic carbocycles. The van der Waals surface area contributed by atoms with E-state index in [1.165, 1.54) is 16.2 Å². The summed E-state index contributed by atoms with van der Waals surface area (Å²) < 4.78 is 10.2. The largest absolute Gasteiger partial charge is 0.462 e. The van der Waals surface area contributed by atoms with Crippen LogP contribution < -0.4 is 10.2 Å². The number of rotatable bonds is 9. The summed E-state index contributed by atoms with van der Waals surface area (Å²) >= 11 is 6.91. The van der Waals surface area contributed by atoms with E-state index >= 15 is 0 Å². The van der Waals surface area contributed by atoms with Crippen LogP contribution in [0.25, 0.3) is 10.4 Å². The fraction of sp³-hybridized carbons (Fsp3) is 0.227. The van der Waals surface area contributed by atoms with Gasteiger partial charge in [0, 0.05) is 11.9 Å². The fourth-order valence-electron chi connectivity index (χ4n) is 2.74. The van der Waals surface area contributed by atoms with Crippen LogP contribution in [0.3, 0.4) is 0 Å².